The molecule has 0 aliphatic carbocycles. The van der Waals surface area contributed by atoms with E-state index in [0.29, 0.717) is 26.4 Å². The highest BCUT2D eigenvalue weighted by molar-refractivity contribution is 6.01. The number of aromatic amines is 1. The van der Waals surface area contributed by atoms with Gasteiger partial charge in [-0.3, -0.25) is 14.8 Å². The first-order valence-corrected chi connectivity index (χ1v) is 10.5. The van der Waals surface area contributed by atoms with E-state index in [-0.39, 0.29) is 12.1 Å². The second kappa shape index (κ2) is 7.44. The van der Waals surface area contributed by atoms with Gasteiger partial charge in [0.1, 0.15) is 17.0 Å². The molecule has 2 aliphatic heterocycles. The molecular weight excluding hydrogens is 394 g/mol. The number of aromatic nitrogens is 6. The van der Waals surface area contributed by atoms with E-state index in [0.717, 1.165) is 45.9 Å². The Morgan fingerprint density at radius 1 is 1.06 bits per heavy atom. The van der Waals surface area contributed by atoms with Crippen molar-refractivity contribution < 1.29 is 9.47 Å². The lowest BCUT2D eigenvalue weighted by molar-refractivity contribution is -0.0278. The maximum atomic E-state index is 5.66. The molecule has 1 unspecified atom stereocenters. The van der Waals surface area contributed by atoms with Crippen molar-refractivity contribution in [2.75, 3.05) is 37.9 Å². The summed E-state index contributed by atoms with van der Waals surface area (Å²) in [6, 6.07) is 8.68. The van der Waals surface area contributed by atoms with Crippen LogP contribution >= 0.6 is 0 Å². The van der Waals surface area contributed by atoms with Gasteiger partial charge in [-0.25, -0.2) is 4.98 Å². The quantitative estimate of drug-likeness (QED) is 0.546. The van der Waals surface area contributed by atoms with Crippen LogP contribution in [0.3, 0.4) is 0 Å². The zero-order valence-electron chi connectivity index (χ0n) is 17.2. The van der Waals surface area contributed by atoms with Crippen LogP contribution in [0.15, 0.2) is 42.9 Å². The molecule has 0 bridgehead atoms. The minimum atomic E-state index is 0.240. The first-order chi connectivity index (χ1) is 15.3. The predicted octanol–water partition coefficient (Wildman–Crippen LogP) is 2.68. The predicted molar refractivity (Wildman–Crippen MR) is 116 cm³/mol. The van der Waals surface area contributed by atoms with Gasteiger partial charge in [0.05, 0.1) is 49.9 Å². The normalized spacial score (nSPS) is 19.6. The lowest BCUT2D eigenvalue weighted by Gasteiger charge is -2.35. The van der Waals surface area contributed by atoms with Crippen molar-refractivity contribution in [1.82, 2.24) is 29.9 Å². The summed E-state index contributed by atoms with van der Waals surface area (Å²) in [7, 11) is 0. The third kappa shape index (κ3) is 3.08. The second-order valence-electron chi connectivity index (χ2n) is 8.02. The third-order valence-electron chi connectivity index (χ3n) is 6.04. The Morgan fingerprint density at radius 2 is 2.00 bits per heavy atom. The monoisotopic (exact) mass is 417 g/mol. The third-order valence-corrected chi connectivity index (χ3v) is 6.04. The molecule has 158 valence electrons. The van der Waals surface area contributed by atoms with E-state index in [9.17, 15) is 0 Å². The van der Waals surface area contributed by atoms with Crippen LogP contribution in [0.5, 0.6) is 0 Å². The van der Waals surface area contributed by atoms with Crippen LogP contribution in [0.2, 0.25) is 0 Å². The molecule has 9 heteroatoms. The lowest BCUT2D eigenvalue weighted by Crippen LogP contribution is -2.44. The van der Waals surface area contributed by atoms with Gasteiger partial charge in [0.15, 0.2) is 0 Å². The van der Waals surface area contributed by atoms with Gasteiger partial charge in [0.25, 0.3) is 0 Å². The zero-order valence-corrected chi connectivity index (χ0v) is 17.2. The molecule has 2 fully saturated rings. The van der Waals surface area contributed by atoms with Crippen LogP contribution in [-0.4, -0.2) is 69.0 Å². The van der Waals surface area contributed by atoms with Gasteiger partial charge >= 0.3 is 0 Å². The Balaban J connectivity index is 1.60. The lowest BCUT2D eigenvalue weighted by atomic mass is 10.0. The first kappa shape index (κ1) is 18.5. The Morgan fingerprint density at radius 3 is 2.77 bits per heavy atom. The molecule has 2 saturated heterocycles. The smallest absolute Gasteiger partial charge is 0.130 e. The minimum Gasteiger partial charge on any atom is -0.377 e. The van der Waals surface area contributed by atoms with Crippen LogP contribution in [0, 0.1) is 0 Å². The number of hydrogen-bond acceptors (Lipinski definition) is 7. The Labute approximate surface area is 179 Å². The molecule has 31 heavy (non-hydrogen) atoms. The van der Waals surface area contributed by atoms with Crippen LogP contribution in [-0.2, 0) is 9.47 Å². The molecule has 2 aliphatic rings. The van der Waals surface area contributed by atoms with Crippen molar-refractivity contribution in [2.24, 2.45) is 0 Å². The number of anilines is 1. The molecule has 4 aromatic rings. The molecule has 6 heterocycles. The first-order valence-electron chi connectivity index (χ1n) is 10.5. The van der Waals surface area contributed by atoms with Crippen LogP contribution in [0.1, 0.15) is 13.0 Å². The van der Waals surface area contributed by atoms with Crippen molar-refractivity contribution in [2.45, 2.75) is 19.0 Å². The van der Waals surface area contributed by atoms with Gasteiger partial charge < -0.3 is 14.4 Å². The Kier molecular flexibility index (Phi) is 4.43. The molecule has 0 radical (unpaired) electrons. The fourth-order valence-electron chi connectivity index (χ4n) is 4.33. The van der Waals surface area contributed by atoms with Gasteiger partial charge in [-0.2, -0.15) is 10.2 Å². The Bertz CT molecular complexity index is 1220. The number of ether oxygens (including phenoxy) is 2. The SMILES string of the molecule is CC1COCCN1c1cc(-c2ccnn2C2COC2)c2ccnc(-c3ccn[nH]3)c2n1. The number of nitrogens with one attached hydrogen (secondary N) is 1. The van der Waals surface area contributed by atoms with Gasteiger partial charge in [-0.15, -0.1) is 0 Å². The van der Waals surface area contributed by atoms with Crippen LogP contribution in [0.25, 0.3) is 33.5 Å². The van der Waals surface area contributed by atoms with Crippen molar-refractivity contribution in [3.63, 3.8) is 0 Å². The topological polar surface area (TPSA) is 94.0 Å². The molecule has 1 N–H and O–H groups in total. The van der Waals surface area contributed by atoms with E-state index in [1.165, 1.54) is 0 Å². The molecule has 0 saturated carbocycles. The summed E-state index contributed by atoms with van der Waals surface area (Å²) in [6.07, 6.45) is 5.41. The number of pyridine rings is 2. The second-order valence-corrected chi connectivity index (χ2v) is 8.02. The summed E-state index contributed by atoms with van der Waals surface area (Å²) in [5.41, 5.74) is 4.63. The van der Waals surface area contributed by atoms with Crippen molar-refractivity contribution in [1.29, 1.82) is 0 Å². The summed E-state index contributed by atoms with van der Waals surface area (Å²) >= 11 is 0. The van der Waals surface area contributed by atoms with E-state index >= 15 is 0 Å². The molecule has 6 rings (SSSR count). The summed E-state index contributed by atoms with van der Waals surface area (Å²) in [5.74, 6) is 0.921. The highest BCUT2D eigenvalue weighted by atomic mass is 16.5. The van der Waals surface area contributed by atoms with E-state index < -0.39 is 0 Å². The zero-order chi connectivity index (χ0) is 20.8. The number of rotatable bonds is 4. The van der Waals surface area contributed by atoms with Gasteiger partial charge in [-0.1, -0.05) is 0 Å². The average molecular weight is 417 g/mol. The Hall–Kier alpha value is -3.30. The highest BCUT2D eigenvalue weighted by Gasteiger charge is 2.27. The number of fused-ring (bicyclic) bond motifs is 1. The highest BCUT2D eigenvalue weighted by Crippen LogP contribution is 2.36. The van der Waals surface area contributed by atoms with Crippen LogP contribution in [0.4, 0.5) is 5.82 Å². The number of hydrogen-bond donors (Lipinski definition) is 1. The molecule has 0 aromatic carbocycles. The van der Waals surface area contributed by atoms with Crippen molar-refractivity contribution in [3.8, 4) is 22.6 Å². The molecule has 9 nitrogen and oxygen atoms in total. The van der Waals surface area contributed by atoms with E-state index in [2.05, 4.69) is 48.9 Å². The molecular formula is C22H23N7O2. The summed E-state index contributed by atoms with van der Waals surface area (Å²) in [6.45, 7) is 5.72. The molecule has 0 amide bonds. The van der Waals surface area contributed by atoms with Crippen molar-refractivity contribution >= 4 is 16.7 Å². The molecule has 1 atom stereocenters. The van der Waals surface area contributed by atoms with Crippen LogP contribution < -0.4 is 4.90 Å². The van der Waals surface area contributed by atoms with Crippen molar-refractivity contribution in [3.05, 3.63) is 42.9 Å². The number of morpholine rings is 1. The fraction of sp³-hybridized carbons (Fsp3) is 0.364. The van der Waals surface area contributed by atoms with Gasteiger partial charge in [0, 0.05) is 36.1 Å². The van der Waals surface area contributed by atoms with E-state index in [1.54, 1.807) is 6.20 Å². The van der Waals surface area contributed by atoms with E-state index in [4.69, 9.17) is 14.5 Å². The molecule has 0 spiro atoms. The maximum Gasteiger partial charge on any atom is 0.130 e. The minimum absolute atomic E-state index is 0.240. The van der Waals surface area contributed by atoms with Gasteiger partial charge in [-0.05, 0) is 31.2 Å². The maximum absolute atomic E-state index is 5.66. The number of H-pyrrole nitrogens is 1. The van der Waals surface area contributed by atoms with E-state index in [1.807, 2.05) is 24.5 Å². The summed E-state index contributed by atoms with van der Waals surface area (Å²) in [4.78, 5) is 12.0. The standard InChI is InChI=1S/C22H23N7O2/c1-14-11-30-9-8-28(14)20-10-17(19-4-7-25-29(19)15-12-31-13-15)16-2-5-23-22(21(16)26-20)18-3-6-24-27-18/h2-7,10,14-15H,8-9,11-13H2,1H3,(H,24,27). The number of nitrogens with zero attached hydrogens (tertiary/aromatic N) is 6. The molecule has 4 aromatic heterocycles. The average Bonchev–Trinajstić information content (AvgIpc) is 3.44. The van der Waals surface area contributed by atoms with Gasteiger partial charge in [0.2, 0.25) is 0 Å². The summed E-state index contributed by atoms with van der Waals surface area (Å²) in [5, 5.41) is 12.8. The largest absolute Gasteiger partial charge is 0.377 e. The summed E-state index contributed by atoms with van der Waals surface area (Å²) < 4.78 is 13.1. The fourth-order valence-corrected chi connectivity index (χ4v) is 4.33.